The van der Waals surface area contributed by atoms with Crippen molar-refractivity contribution in [1.29, 1.82) is 0 Å². The molecule has 0 heterocycles. The fraction of sp³-hybridized carbons (Fsp3) is 0.111. The second kappa shape index (κ2) is 10.0. The molecule has 35 heavy (non-hydrogen) atoms. The first-order valence-electron chi connectivity index (χ1n) is 10.5. The largest absolute Gasteiger partial charge is 0.224 e. The molecule has 3 aromatic rings. The van der Waals surface area contributed by atoms with Gasteiger partial charge in [0.2, 0.25) is 0 Å². The van der Waals surface area contributed by atoms with E-state index in [-0.39, 0.29) is 16.4 Å². The standard InChI is InChI=1S/C27H19BrCl2F2O2S/c1-15-17(12-26(35(2,33)34)18-9-21(31)14-22(32)10-18)11-24(23-8-7-20(29)13-25(23)30)27(15)16-3-5-19(28)6-4-16/h3-14,24H,1-2H3/b26-12-. The van der Waals surface area contributed by atoms with Crippen molar-refractivity contribution in [3.8, 4) is 0 Å². The van der Waals surface area contributed by atoms with Crippen LogP contribution < -0.4 is 0 Å². The van der Waals surface area contributed by atoms with Crippen LogP contribution >= 0.6 is 39.1 Å². The van der Waals surface area contributed by atoms with Crippen LogP contribution in [0.15, 0.2) is 88.4 Å². The molecule has 0 N–H and O–H groups in total. The van der Waals surface area contributed by atoms with E-state index in [9.17, 15) is 17.2 Å². The fourth-order valence-electron chi connectivity index (χ4n) is 4.20. The lowest BCUT2D eigenvalue weighted by Gasteiger charge is -2.17. The van der Waals surface area contributed by atoms with Gasteiger partial charge in [0.05, 0.1) is 4.91 Å². The first-order chi connectivity index (χ1) is 16.4. The predicted octanol–water partition coefficient (Wildman–Crippen LogP) is 8.62. The molecule has 0 radical (unpaired) electrons. The zero-order valence-electron chi connectivity index (χ0n) is 18.6. The fourth-order valence-corrected chi connectivity index (χ4v) is 5.88. The third-order valence-corrected chi connectivity index (χ3v) is 8.02. The second-order valence-electron chi connectivity index (χ2n) is 8.25. The maximum atomic E-state index is 13.9. The molecule has 0 aliphatic heterocycles. The molecule has 1 aliphatic rings. The van der Waals surface area contributed by atoms with Gasteiger partial charge in [0, 0.05) is 32.8 Å². The molecule has 0 spiro atoms. The molecule has 2 nitrogen and oxygen atoms in total. The number of allylic oxidation sites excluding steroid dienone is 5. The van der Waals surface area contributed by atoms with Gasteiger partial charge in [-0.1, -0.05) is 63.4 Å². The minimum Gasteiger partial charge on any atom is -0.224 e. The van der Waals surface area contributed by atoms with Gasteiger partial charge in [-0.15, -0.1) is 0 Å². The van der Waals surface area contributed by atoms with E-state index in [1.807, 2.05) is 43.3 Å². The Bertz CT molecular complexity index is 1500. The summed E-state index contributed by atoms with van der Waals surface area (Å²) >= 11 is 16.1. The van der Waals surface area contributed by atoms with Crippen LogP contribution in [-0.2, 0) is 9.84 Å². The van der Waals surface area contributed by atoms with E-state index in [1.165, 1.54) is 6.08 Å². The van der Waals surface area contributed by atoms with Crippen LogP contribution in [0.25, 0.3) is 10.5 Å². The molecule has 8 heteroatoms. The smallest absolute Gasteiger partial charge is 0.176 e. The van der Waals surface area contributed by atoms with E-state index in [1.54, 1.807) is 12.1 Å². The quantitative estimate of drug-likeness (QED) is 0.296. The summed E-state index contributed by atoms with van der Waals surface area (Å²) in [5, 5.41) is 0.973. The van der Waals surface area contributed by atoms with Gasteiger partial charge < -0.3 is 0 Å². The van der Waals surface area contributed by atoms with Crippen molar-refractivity contribution in [2.24, 2.45) is 0 Å². The van der Waals surface area contributed by atoms with Crippen LogP contribution in [0.5, 0.6) is 0 Å². The average Bonchev–Trinajstić information content (AvgIpc) is 3.07. The Balaban J connectivity index is 1.95. The number of hydrogen-bond acceptors (Lipinski definition) is 2. The predicted molar refractivity (Wildman–Crippen MR) is 143 cm³/mol. The van der Waals surface area contributed by atoms with Crippen molar-refractivity contribution in [1.82, 2.24) is 0 Å². The van der Waals surface area contributed by atoms with Crippen LogP contribution in [-0.4, -0.2) is 14.7 Å². The van der Waals surface area contributed by atoms with Crippen molar-refractivity contribution in [2.75, 3.05) is 6.26 Å². The summed E-state index contributed by atoms with van der Waals surface area (Å²) in [6.45, 7) is 1.88. The zero-order chi connectivity index (χ0) is 25.5. The summed E-state index contributed by atoms with van der Waals surface area (Å²) in [4.78, 5) is -0.181. The topological polar surface area (TPSA) is 34.1 Å². The number of halogens is 5. The average molecular weight is 596 g/mol. The van der Waals surface area contributed by atoms with Crippen LogP contribution in [0.4, 0.5) is 8.78 Å². The number of benzene rings is 3. The van der Waals surface area contributed by atoms with Gasteiger partial charge in [-0.05, 0) is 82.8 Å². The summed E-state index contributed by atoms with van der Waals surface area (Å²) in [6.07, 6.45) is 4.38. The molecule has 0 fully saturated rings. The van der Waals surface area contributed by atoms with Crippen LogP contribution in [0.3, 0.4) is 0 Å². The Morgan fingerprint density at radius 3 is 2.17 bits per heavy atom. The molecule has 1 atom stereocenters. The molecule has 3 aromatic carbocycles. The molecule has 1 unspecified atom stereocenters. The van der Waals surface area contributed by atoms with E-state index in [2.05, 4.69) is 15.9 Å². The normalized spacial score (nSPS) is 16.6. The maximum Gasteiger partial charge on any atom is 0.176 e. The van der Waals surface area contributed by atoms with Crippen molar-refractivity contribution in [2.45, 2.75) is 12.8 Å². The van der Waals surface area contributed by atoms with Gasteiger partial charge in [0.15, 0.2) is 9.84 Å². The molecule has 0 amide bonds. The van der Waals surface area contributed by atoms with Gasteiger partial charge in [0.25, 0.3) is 0 Å². The Kier molecular flexibility index (Phi) is 7.39. The molecule has 0 aromatic heterocycles. The minimum absolute atomic E-state index is 0.0585. The molecular weight excluding hydrogens is 577 g/mol. The first kappa shape index (κ1) is 25.8. The summed E-state index contributed by atoms with van der Waals surface area (Å²) < 4.78 is 54.1. The Morgan fingerprint density at radius 1 is 0.971 bits per heavy atom. The highest BCUT2D eigenvalue weighted by Crippen LogP contribution is 2.47. The summed E-state index contributed by atoms with van der Waals surface area (Å²) in [6, 6.07) is 15.7. The highest BCUT2D eigenvalue weighted by molar-refractivity contribution is 9.10. The summed E-state index contributed by atoms with van der Waals surface area (Å²) in [5.41, 5.74) is 4.04. The summed E-state index contributed by atoms with van der Waals surface area (Å²) in [7, 11) is -3.83. The lowest BCUT2D eigenvalue weighted by molar-refractivity contribution is 0.582. The highest BCUT2D eigenvalue weighted by Gasteiger charge is 2.28. The van der Waals surface area contributed by atoms with Crippen molar-refractivity contribution in [3.63, 3.8) is 0 Å². The van der Waals surface area contributed by atoms with Gasteiger partial charge >= 0.3 is 0 Å². The van der Waals surface area contributed by atoms with E-state index in [0.717, 1.165) is 45.1 Å². The van der Waals surface area contributed by atoms with Crippen LogP contribution in [0.1, 0.15) is 29.5 Å². The molecule has 0 saturated heterocycles. The van der Waals surface area contributed by atoms with Gasteiger partial charge in [-0.2, -0.15) is 0 Å². The molecular formula is C27H19BrCl2F2O2S. The third kappa shape index (κ3) is 5.61. The van der Waals surface area contributed by atoms with Crippen LogP contribution in [0, 0.1) is 11.6 Å². The number of rotatable bonds is 5. The molecule has 180 valence electrons. The van der Waals surface area contributed by atoms with E-state index >= 15 is 0 Å². The van der Waals surface area contributed by atoms with E-state index < -0.39 is 21.5 Å². The third-order valence-electron chi connectivity index (χ3n) is 5.78. The highest BCUT2D eigenvalue weighted by atomic mass is 79.9. The molecule has 1 aliphatic carbocycles. The van der Waals surface area contributed by atoms with E-state index in [4.69, 9.17) is 23.2 Å². The van der Waals surface area contributed by atoms with Gasteiger partial charge in [-0.3, -0.25) is 0 Å². The lowest BCUT2D eigenvalue weighted by Crippen LogP contribution is -2.02. The maximum absolute atomic E-state index is 13.9. The number of hydrogen-bond donors (Lipinski definition) is 0. The minimum atomic E-state index is -3.83. The Morgan fingerprint density at radius 2 is 1.60 bits per heavy atom. The molecule has 4 rings (SSSR count). The Hall–Kier alpha value is -2.25. The number of sulfone groups is 1. The van der Waals surface area contributed by atoms with E-state index in [0.29, 0.717) is 21.7 Å². The van der Waals surface area contributed by atoms with Gasteiger partial charge in [0.1, 0.15) is 11.6 Å². The first-order valence-corrected chi connectivity index (χ1v) is 13.9. The second-order valence-corrected chi connectivity index (χ2v) is 12.0. The summed E-state index contributed by atoms with van der Waals surface area (Å²) in [5.74, 6) is -2.01. The monoisotopic (exact) mass is 594 g/mol. The SMILES string of the molecule is CC1=C(c2ccc(Br)cc2)C(c2ccc(Cl)cc2Cl)C=C1/C=C(/c1cc(F)cc(F)c1)S(C)(=O)=O. The molecule has 0 bridgehead atoms. The Labute approximate surface area is 221 Å². The van der Waals surface area contributed by atoms with Crippen molar-refractivity contribution >= 4 is 59.4 Å². The zero-order valence-corrected chi connectivity index (χ0v) is 22.5. The molecule has 0 saturated carbocycles. The van der Waals surface area contributed by atoms with Crippen LogP contribution in [0.2, 0.25) is 10.0 Å². The lowest BCUT2D eigenvalue weighted by atomic mass is 9.88. The van der Waals surface area contributed by atoms with Gasteiger partial charge in [-0.25, -0.2) is 17.2 Å². The van der Waals surface area contributed by atoms with Crippen molar-refractivity contribution in [3.05, 3.63) is 127 Å². The van der Waals surface area contributed by atoms with Crippen molar-refractivity contribution < 1.29 is 17.2 Å².